The van der Waals surface area contributed by atoms with E-state index in [1.165, 1.54) is 77.0 Å². The topological polar surface area (TPSA) is 77.4 Å². The molecule has 41 heavy (non-hydrogen) atoms. The second-order valence-electron chi connectivity index (χ2n) is 11.3. The maximum atomic E-state index is 9.81. The van der Waals surface area contributed by atoms with Gasteiger partial charge in [-0.1, -0.05) is 132 Å². The van der Waals surface area contributed by atoms with Crippen molar-refractivity contribution in [2.45, 2.75) is 158 Å². The van der Waals surface area contributed by atoms with Crippen molar-refractivity contribution in [1.29, 1.82) is 0 Å². The van der Waals surface area contributed by atoms with Crippen LogP contribution in [-0.2, 0) is 37.6 Å². The van der Waals surface area contributed by atoms with Crippen LogP contribution in [0.1, 0.15) is 158 Å². The van der Waals surface area contributed by atoms with Gasteiger partial charge in [-0.2, -0.15) is 0 Å². The van der Waals surface area contributed by atoms with E-state index in [4.69, 9.17) is 18.1 Å². The number of hydrogen-bond acceptors (Lipinski definition) is 6. The van der Waals surface area contributed by atoms with Crippen LogP contribution in [0.15, 0.2) is 0 Å². The normalized spacial score (nSPS) is 15.7. The van der Waals surface area contributed by atoms with Crippen LogP contribution in [0.5, 0.6) is 0 Å². The van der Waals surface area contributed by atoms with Crippen molar-refractivity contribution in [2.75, 3.05) is 26.4 Å². The van der Waals surface area contributed by atoms with Crippen LogP contribution in [0, 0.1) is 23.7 Å². The minimum Gasteiger partial charge on any atom is -0.328 e. The molecule has 9 heteroatoms. The molecular weight excluding hydrogens is 608 g/mol. The molecule has 0 fully saturated rings. The number of hydrogen-bond donors (Lipinski definition) is 2. The molecule has 0 aromatic rings. The van der Waals surface area contributed by atoms with E-state index < -0.39 is 17.2 Å². The molecule has 6 nitrogen and oxygen atoms in total. The van der Waals surface area contributed by atoms with Crippen molar-refractivity contribution >= 4 is 17.2 Å². The fraction of sp³-hybridized carbons (Fsp3) is 1.00. The van der Waals surface area contributed by atoms with Gasteiger partial charge >= 0.3 is 17.2 Å². The van der Waals surface area contributed by atoms with Gasteiger partial charge in [0.05, 0.1) is 26.4 Å². The summed E-state index contributed by atoms with van der Waals surface area (Å²) in [5.74, 6) is 2.21. The summed E-state index contributed by atoms with van der Waals surface area (Å²) in [6, 6.07) is 0. The first-order valence-corrected chi connectivity index (χ1v) is 19.1. The summed E-state index contributed by atoms with van der Waals surface area (Å²) < 4.78 is 22.0. The maximum Gasteiger partial charge on any atom is 0.329 e. The minimum atomic E-state index is -1.69. The summed E-state index contributed by atoms with van der Waals surface area (Å²) in [6.07, 6.45) is 19.0. The first kappa shape index (κ1) is 46.7. The molecule has 0 saturated carbocycles. The first-order valence-electron chi connectivity index (χ1n) is 16.8. The van der Waals surface area contributed by atoms with Crippen molar-refractivity contribution in [3.8, 4) is 0 Å². The van der Waals surface area contributed by atoms with Crippen molar-refractivity contribution < 1.29 is 47.4 Å². The van der Waals surface area contributed by atoms with Gasteiger partial charge in [-0.05, 0) is 49.4 Å². The molecule has 0 spiro atoms. The van der Waals surface area contributed by atoms with E-state index in [1.807, 2.05) is 0 Å². The third-order valence-corrected chi connectivity index (χ3v) is 9.34. The Bertz CT molecular complexity index is 413. The molecule has 0 aliphatic rings. The molecule has 4 atom stereocenters. The van der Waals surface area contributed by atoms with Crippen LogP contribution in [0.4, 0.5) is 0 Å². The van der Waals surface area contributed by atoms with Crippen molar-refractivity contribution in [3.63, 3.8) is 0 Å². The molecule has 0 rings (SSSR count). The van der Waals surface area contributed by atoms with E-state index in [9.17, 15) is 9.79 Å². The maximum absolute atomic E-state index is 9.81. The zero-order chi connectivity index (χ0) is 30.4. The summed E-state index contributed by atoms with van der Waals surface area (Å²) in [5, 5.41) is 0. The standard InChI is InChI=1S/2C16H35O3P.Zn/c2*1-5-9-11-15(7-3)13-18-20(17)19-14-16(8-4)12-10-6-2;/h2*15-17H,5-14H2,1-4H3;. The predicted molar refractivity (Wildman–Crippen MR) is 175 cm³/mol. The molecule has 2 N–H and O–H groups in total. The molecular formula is C32H70O6P2Zn. The monoisotopic (exact) mass is 676 g/mol. The van der Waals surface area contributed by atoms with E-state index in [-0.39, 0.29) is 19.5 Å². The Balaban J connectivity index is -0.000000688. The second kappa shape index (κ2) is 35.7. The van der Waals surface area contributed by atoms with Gasteiger partial charge in [-0.25, -0.2) is 0 Å². The van der Waals surface area contributed by atoms with Crippen LogP contribution >= 0.6 is 17.2 Å². The summed E-state index contributed by atoms with van der Waals surface area (Å²) in [5.41, 5.74) is 0. The molecule has 0 aliphatic heterocycles. The van der Waals surface area contributed by atoms with Gasteiger partial charge in [0, 0.05) is 19.5 Å². The molecule has 0 heterocycles. The average molecular weight is 678 g/mol. The van der Waals surface area contributed by atoms with E-state index in [0.29, 0.717) is 50.1 Å². The van der Waals surface area contributed by atoms with Crippen LogP contribution in [0.2, 0.25) is 0 Å². The Morgan fingerprint density at radius 2 is 0.610 bits per heavy atom. The molecule has 246 valence electrons. The Kier molecular flexibility index (Phi) is 40.6. The molecule has 0 radical (unpaired) electrons. The smallest absolute Gasteiger partial charge is 0.328 e. The summed E-state index contributed by atoms with van der Waals surface area (Å²) in [7, 11) is -3.37. The molecule has 0 aliphatic carbocycles. The Morgan fingerprint density at radius 1 is 0.415 bits per heavy atom. The van der Waals surface area contributed by atoms with Crippen molar-refractivity contribution in [2.24, 2.45) is 23.7 Å². The van der Waals surface area contributed by atoms with Crippen LogP contribution in [0.3, 0.4) is 0 Å². The SMILES string of the molecule is CCCCC(CC)COP(O)OCC(CC)CCCC.CCCCC(CC)COP(O)OCC(CC)CCCC.[Zn]. The summed E-state index contributed by atoms with van der Waals surface area (Å²) in [4.78, 5) is 19.6. The van der Waals surface area contributed by atoms with Gasteiger partial charge in [-0.3, -0.25) is 0 Å². The number of unbranched alkanes of at least 4 members (excludes halogenated alkanes) is 4. The van der Waals surface area contributed by atoms with Crippen molar-refractivity contribution in [3.05, 3.63) is 0 Å². The summed E-state index contributed by atoms with van der Waals surface area (Å²) >= 11 is 0. The van der Waals surface area contributed by atoms with Crippen LogP contribution in [-0.4, -0.2) is 36.2 Å². The fourth-order valence-corrected chi connectivity index (χ4v) is 5.85. The third kappa shape index (κ3) is 31.0. The number of rotatable bonds is 28. The Morgan fingerprint density at radius 3 is 0.756 bits per heavy atom. The largest absolute Gasteiger partial charge is 0.329 e. The summed E-state index contributed by atoms with van der Waals surface area (Å²) in [6.45, 7) is 20.1. The average Bonchev–Trinajstić information content (AvgIpc) is 2.97. The second-order valence-corrected chi connectivity index (χ2v) is 13.3. The predicted octanol–water partition coefficient (Wildman–Crippen LogP) is 11.3. The van der Waals surface area contributed by atoms with Gasteiger partial charge in [-0.15, -0.1) is 0 Å². The zero-order valence-corrected chi connectivity index (χ0v) is 33.3. The molecule has 0 aromatic carbocycles. The van der Waals surface area contributed by atoms with Gasteiger partial charge in [0.25, 0.3) is 0 Å². The molecule has 0 aromatic heterocycles. The molecule has 0 bridgehead atoms. The van der Waals surface area contributed by atoms with Crippen LogP contribution < -0.4 is 0 Å². The van der Waals surface area contributed by atoms with Gasteiger partial charge in [0.2, 0.25) is 0 Å². The van der Waals surface area contributed by atoms with Gasteiger partial charge < -0.3 is 27.9 Å². The quantitative estimate of drug-likeness (QED) is 0.0634. The van der Waals surface area contributed by atoms with E-state index in [1.54, 1.807) is 0 Å². The zero-order valence-electron chi connectivity index (χ0n) is 28.6. The van der Waals surface area contributed by atoms with E-state index >= 15 is 0 Å². The molecule has 0 saturated heterocycles. The van der Waals surface area contributed by atoms with Gasteiger partial charge in [0.1, 0.15) is 0 Å². The first-order chi connectivity index (χ1) is 19.3. The minimum absolute atomic E-state index is 0. The third-order valence-electron chi connectivity index (χ3n) is 7.86. The Labute approximate surface area is 272 Å². The van der Waals surface area contributed by atoms with Crippen LogP contribution in [0.25, 0.3) is 0 Å². The fourth-order valence-electron chi connectivity index (χ4n) is 4.34. The molecule has 4 unspecified atom stereocenters. The Hall–Kier alpha value is 1.24. The van der Waals surface area contributed by atoms with E-state index in [2.05, 4.69) is 55.4 Å². The van der Waals surface area contributed by atoms with Crippen molar-refractivity contribution in [1.82, 2.24) is 0 Å². The molecule has 0 amide bonds. The van der Waals surface area contributed by atoms with E-state index in [0.717, 1.165) is 25.7 Å². The van der Waals surface area contributed by atoms with Gasteiger partial charge in [0.15, 0.2) is 0 Å².